The highest BCUT2D eigenvalue weighted by Crippen LogP contribution is 2.34. The van der Waals surface area contributed by atoms with Crippen molar-refractivity contribution in [2.75, 3.05) is 6.61 Å². The van der Waals surface area contributed by atoms with Gasteiger partial charge in [-0.1, -0.05) is 13.8 Å². The van der Waals surface area contributed by atoms with Crippen molar-refractivity contribution in [3.8, 4) is 0 Å². The van der Waals surface area contributed by atoms with E-state index in [1.54, 1.807) is 13.8 Å². The first-order chi connectivity index (χ1) is 5.75. The van der Waals surface area contributed by atoms with Gasteiger partial charge >= 0.3 is 0 Å². The van der Waals surface area contributed by atoms with Gasteiger partial charge in [0.1, 0.15) is 6.10 Å². The smallest absolute Gasteiger partial charge is 0.247 e. The molecule has 0 aromatic carbocycles. The molecule has 0 saturated carbocycles. The molecule has 0 spiro atoms. The van der Waals surface area contributed by atoms with Crippen LogP contribution in [0.2, 0.25) is 0 Å². The second kappa shape index (κ2) is 2.96. The Balaban J connectivity index is 2.82. The molecule has 1 heterocycles. The van der Waals surface area contributed by atoms with Crippen molar-refractivity contribution in [3.05, 3.63) is 0 Å². The van der Waals surface area contributed by atoms with Crippen LogP contribution in [0.4, 0.5) is 0 Å². The average molecular weight is 187 g/mol. The van der Waals surface area contributed by atoms with Gasteiger partial charge in [0.15, 0.2) is 5.79 Å². The van der Waals surface area contributed by atoms with Gasteiger partial charge in [-0.05, 0) is 13.8 Å². The van der Waals surface area contributed by atoms with Gasteiger partial charge in [0, 0.05) is 5.41 Å². The van der Waals surface area contributed by atoms with Gasteiger partial charge in [-0.15, -0.1) is 0 Å². The van der Waals surface area contributed by atoms with Crippen molar-refractivity contribution in [2.24, 2.45) is 11.1 Å². The maximum Gasteiger partial charge on any atom is 0.247 e. The lowest BCUT2D eigenvalue weighted by atomic mass is 9.85. The van der Waals surface area contributed by atoms with E-state index in [-0.39, 0.29) is 5.41 Å². The zero-order valence-corrected chi connectivity index (χ0v) is 8.59. The molecule has 1 aliphatic rings. The molecule has 76 valence electrons. The Labute approximate surface area is 78.4 Å². The predicted octanol–water partition coefficient (Wildman–Crippen LogP) is 0.649. The van der Waals surface area contributed by atoms with Crippen LogP contribution in [0.3, 0.4) is 0 Å². The summed E-state index contributed by atoms with van der Waals surface area (Å²) in [6, 6.07) is 0. The van der Waals surface area contributed by atoms with Crippen LogP contribution < -0.4 is 5.73 Å². The Morgan fingerprint density at radius 2 is 1.92 bits per heavy atom. The topological polar surface area (TPSA) is 61.5 Å². The Morgan fingerprint density at radius 1 is 1.38 bits per heavy atom. The zero-order chi connectivity index (χ0) is 10.3. The van der Waals surface area contributed by atoms with Crippen LogP contribution in [0.25, 0.3) is 0 Å². The van der Waals surface area contributed by atoms with E-state index < -0.39 is 17.8 Å². The van der Waals surface area contributed by atoms with Gasteiger partial charge in [-0.3, -0.25) is 4.79 Å². The molecule has 4 nitrogen and oxygen atoms in total. The molecule has 0 aromatic heterocycles. The number of hydrogen-bond donors (Lipinski definition) is 1. The number of carbonyl (C=O) groups is 1. The summed E-state index contributed by atoms with van der Waals surface area (Å²) < 4.78 is 10.9. The lowest BCUT2D eigenvalue weighted by molar-refractivity contribution is -0.303. The minimum Gasteiger partial charge on any atom is -0.367 e. The maximum absolute atomic E-state index is 11.1. The number of nitrogens with two attached hydrogens (primary N) is 1. The number of ether oxygens (including phenoxy) is 2. The summed E-state index contributed by atoms with van der Waals surface area (Å²) in [6.07, 6.45) is -0.573. The van der Waals surface area contributed by atoms with Crippen molar-refractivity contribution in [1.29, 1.82) is 0 Å². The standard InChI is InChI=1S/C9H17NO3/c1-8(2)5-12-9(3,4)13-6(8)7(10)11/h6H,5H2,1-4H3,(H2,10,11). The van der Waals surface area contributed by atoms with Gasteiger partial charge in [0.05, 0.1) is 6.61 Å². The van der Waals surface area contributed by atoms with E-state index in [1.165, 1.54) is 0 Å². The Kier molecular flexibility index (Phi) is 2.38. The number of carbonyl (C=O) groups excluding carboxylic acids is 1. The molecule has 2 N–H and O–H groups in total. The zero-order valence-electron chi connectivity index (χ0n) is 8.59. The molecule has 0 bridgehead atoms. The first-order valence-electron chi connectivity index (χ1n) is 4.36. The van der Waals surface area contributed by atoms with Gasteiger partial charge in [-0.2, -0.15) is 0 Å². The van der Waals surface area contributed by atoms with Crippen molar-refractivity contribution in [1.82, 2.24) is 0 Å². The minimum atomic E-state index is -0.713. The van der Waals surface area contributed by atoms with Crippen LogP contribution in [0, 0.1) is 5.41 Å². The fourth-order valence-electron chi connectivity index (χ4n) is 1.36. The van der Waals surface area contributed by atoms with Crippen LogP contribution in [-0.4, -0.2) is 24.4 Å². The Morgan fingerprint density at radius 3 is 2.31 bits per heavy atom. The normalized spacial score (nSPS) is 31.2. The fourth-order valence-corrected chi connectivity index (χ4v) is 1.36. The second-order valence-corrected chi connectivity index (χ2v) is 4.58. The summed E-state index contributed by atoms with van der Waals surface area (Å²) in [6.45, 7) is 7.83. The van der Waals surface area contributed by atoms with Gasteiger partial charge in [0.25, 0.3) is 0 Å². The molecule has 1 amide bonds. The summed E-state index contributed by atoms with van der Waals surface area (Å²) in [5, 5.41) is 0. The van der Waals surface area contributed by atoms with E-state index in [2.05, 4.69) is 0 Å². The van der Waals surface area contributed by atoms with Gasteiger partial charge < -0.3 is 15.2 Å². The van der Waals surface area contributed by atoms with E-state index >= 15 is 0 Å². The fraction of sp³-hybridized carbons (Fsp3) is 0.889. The summed E-state index contributed by atoms with van der Waals surface area (Å²) in [4.78, 5) is 11.1. The molecule has 1 fully saturated rings. The van der Waals surface area contributed by atoms with E-state index in [0.29, 0.717) is 6.61 Å². The second-order valence-electron chi connectivity index (χ2n) is 4.58. The third-order valence-corrected chi connectivity index (χ3v) is 2.16. The maximum atomic E-state index is 11.1. The molecule has 13 heavy (non-hydrogen) atoms. The summed E-state index contributed by atoms with van der Waals surface area (Å²) in [5.74, 6) is -1.14. The van der Waals surface area contributed by atoms with Crippen LogP contribution in [0.5, 0.6) is 0 Å². The first kappa shape index (κ1) is 10.5. The molecular formula is C9H17NO3. The highest BCUT2D eigenvalue weighted by Gasteiger charge is 2.44. The Hall–Kier alpha value is -0.610. The SMILES string of the molecule is CC1(C)OCC(C)(C)C(C(N)=O)O1. The highest BCUT2D eigenvalue weighted by molar-refractivity contribution is 5.79. The third-order valence-electron chi connectivity index (χ3n) is 2.16. The van der Waals surface area contributed by atoms with Gasteiger partial charge in [0.2, 0.25) is 5.91 Å². The predicted molar refractivity (Wildman–Crippen MR) is 47.9 cm³/mol. The van der Waals surface area contributed by atoms with Crippen molar-refractivity contribution in [2.45, 2.75) is 39.6 Å². The molecule has 0 radical (unpaired) electrons. The van der Waals surface area contributed by atoms with Crippen LogP contribution in [0.1, 0.15) is 27.7 Å². The number of primary amides is 1. The quantitative estimate of drug-likeness (QED) is 0.655. The van der Waals surface area contributed by atoms with Crippen LogP contribution >= 0.6 is 0 Å². The monoisotopic (exact) mass is 187 g/mol. The summed E-state index contributed by atoms with van der Waals surface area (Å²) in [7, 11) is 0. The van der Waals surface area contributed by atoms with E-state index in [1.807, 2.05) is 13.8 Å². The Bertz CT molecular complexity index is 223. The highest BCUT2D eigenvalue weighted by atomic mass is 16.7. The molecule has 1 rings (SSSR count). The van der Waals surface area contributed by atoms with Crippen molar-refractivity contribution in [3.63, 3.8) is 0 Å². The van der Waals surface area contributed by atoms with Crippen LogP contribution in [-0.2, 0) is 14.3 Å². The number of rotatable bonds is 1. The molecule has 1 unspecified atom stereocenters. The number of amides is 1. The van der Waals surface area contributed by atoms with Crippen molar-refractivity contribution < 1.29 is 14.3 Å². The molecule has 1 atom stereocenters. The lowest BCUT2D eigenvalue weighted by Crippen LogP contribution is -2.55. The molecule has 0 aromatic rings. The minimum absolute atomic E-state index is 0.346. The van der Waals surface area contributed by atoms with E-state index in [0.717, 1.165) is 0 Å². The molecular weight excluding hydrogens is 170 g/mol. The molecule has 1 saturated heterocycles. The third kappa shape index (κ3) is 2.19. The molecule has 0 aliphatic carbocycles. The number of hydrogen-bond acceptors (Lipinski definition) is 3. The van der Waals surface area contributed by atoms with Crippen LogP contribution in [0.15, 0.2) is 0 Å². The molecule has 4 heteroatoms. The summed E-state index contributed by atoms with van der Waals surface area (Å²) >= 11 is 0. The lowest BCUT2D eigenvalue weighted by Gasteiger charge is -2.44. The van der Waals surface area contributed by atoms with E-state index in [9.17, 15) is 4.79 Å². The van der Waals surface area contributed by atoms with E-state index in [4.69, 9.17) is 15.2 Å². The van der Waals surface area contributed by atoms with Gasteiger partial charge in [-0.25, -0.2) is 0 Å². The molecule has 1 aliphatic heterocycles. The largest absolute Gasteiger partial charge is 0.367 e. The average Bonchev–Trinajstić information content (AvgIpc) is 1.95. The summed E-state index contributed by atoms with van der Waals surface area (Å²) in [5.41, 5.74) is 4.90. The van der Waals surface area contributed by atoms with Crippen molar-refractivity contribution >= 4 is 5.91 Å². The first-order valence-corrected chi connectivity index (χ1v) is 4.36.